The Hall–Kier alpha value is -1.20. The smallest absolute Gasteiger partial charge is 0.226 e. The van der Waals surface area contributed by atoms with Gasteiger partial charge in [0, 0.05) is 18.1 Å². The molecule has 20 heavy (non-hydrogen) atoms. The number of nitrogens with zero attached hydrogens (tertiary/aromatic N) is 2. The summed E-state index contributed by atoms with van der Waals surface area (Å²) in [5, 5.41) is 0.357. The first-order chi connectivity index (χ1) is 9.51. The molecule has 0 atom stereocenters. The molecule has 0 aliphatic rings. The number of hydrogen-bond donors (Lipinski definition) is 0. The third-order valence-electron chi connectivity index (χ3n) is 2.67. The van der Waals surface area contributed by atoms with Crippen molar-refractivity contribution >= 4 is 27.5 Å². The van der Waals surface area contributed by atoms with Gasteiger partial charge in [0.25, 0.3) is 0 Å². The van der Waals surface area contributed by atoms with Gasteiger partial charge in [-0.05, 0) is 41.4 Å². The van der Waals surface area contributed by atoms with E-state index >= 15 is 0 Å². The van der Waals surface area contributed by atoms with Gasteiger partial charge in [0.1, 0.15) is 22.5 Å². The van der Waals surface area contributed by atoms with Crippen LogP contribution in [0.4, 0.5) is 4.39 Å². The van der Waals surface area contributed by atoms with Crippen LogP contribution in [0.3, 0.4) is 0 Å². The zero-order chi connectivity index (χ0) is 14.7. The fraction of sp³-hybridized carbons (Fsp3) is 0.286. The molecule has 0 unspecified atom stereocenters. The molecule has 0 radical (unpaired) electrons. The van der Waals surface area contributed by atoms with Gasteiger partial charge in [0.15, 0.2) is 0 Å². The lowest BCUT2D eigenvalue weighted by molar-refractivity contribution is 0.449. The number of hydrogen-bond acceptors (Lipinski definition) is 3. The average Bonchev–Trinajstić information content (AvgIpc) is 2.40. The molecule has 0 fully saturated rings. The molecule has 2 aromatic rings. The van der Waals surface area contributed by atoms with E-state index in [0.717, 1.165) is 6.42 Å². The van der Waals surface area contributed by atoms with Crippen molar-refractivity contribution in [2.75, 3.05) is 0 Å². The van der Waals surface area contributed by atoms with Crippen molar-refractivity contribution in [3.63, 3.8) is 0 Å². The van der Waals surface area contributed by atoms with Crippen molar-refractivity contribution in [1.82, 2.24) is 9.97 Å². The molecule has 106 valence electrons. The SMILES string of the molecule is CCCc1nc(Cl)c(C)c(Oc2ccc(Br)c(F)c2)n1. The Kier molecular flexibility index (Phi) is 4.94. The van der Waals surface area contributed by atoms with E-state index in [9.17, 15) is 4.39 Å². The Morgan fingerprint density at radius 1 is 1.35 bits per heavy atom. The van der Waals surface area contributed by atoms with Gasteiger partial charge in [-0.2, -0.15) is 4.98 Å². The highest BCUT2D eigenvalue weighted by Gasteiger charge is 2.12. The molecule has 0 spiro atoms. The van der Waals surface area contributed by atoms with Gasteiger partial charge in [0.05, 0.1) is 4.47 Å². The molecular formula is C14H13BrClFN2O. The van der Waals surface area contributed by atoms with E-state index in [1.165, 1.54) is 6.07 Å². The molecular weight excluding hydrogens is 347 g/mol. The zero-order valence-electron chi connectivity index (χ0n) is 11.1. The van der Waals surface area contributed by atoms with Crippen LogP contribution in [0.25, 0.3) is 0 Å². The highest BCUT2D eigenvalue weighted by atomic mass is 79.9. The van der Waals surface area contributed by atoms with Crippen molar-refractivity contribution in [2.45, 2.75) is 26.7 Å². The van der Waals surface area contributed by atoms with Crippen LogP contribution in [-0.2, 0) is 6.42 Å². The minimum atomic E-state index is -0.394. The minimum absolute atomic E-state index is 0.357. The lowest BCUT2D eigenvalue weighted by atomic mass is 10.3. The molecule has 0 bridgehead atoms. The van der Waals surface area contributed by atoms with Crippen molar-refractivity contribution < 1.29 is 9.13 Å². The van der Waals surface area contributed by atoms with E-state index in [-0.39, 0.29) is 0 Å². The molecule has 6 heteroatoms. The van der Waals surface area contributed by atoms with Crippen LogP contribution in [-0.4, -0.2) is 9.97 Å². The molecule has 0 saturated carbocycles. The minimum Gasteiger partial charge on any atom is -0.438 e. The zero-order valence-corrected chi connectivity index (χ0v) is 13.4. The molecule has 3 nitrogen and oxygen atoms in total. The molecule has 0 aliphatic heterocycles. The van der Waals surface area contributed by atoms with Gasteiger partial charge in [-0.25, -0.2) is 9.37 Å². The second-order valence-electron chi connectivity index (χ2n) is 4.29. The predicted octanol–water partition coefficient (Wildman–Crippen LogP) is 5.08. The maximum absolute atomic E-state index is 13.5. The Bertz CT molecular complexity index is 637. The van der Waals surface area contributed by atoms with E-state index in [0.29, 0.717) is 39.1 Å². The topological polar surface area (TPSA) is 35.0 Å². The standard InChI is InChI=1S/C14H13BrClFN2O/c1-3-4-12-18-13(16)8(2)14(19-12)20-9-5-6-10(15)11(17)7-9/h5-7H,3-4H2,1-2H3. The van der Waals surface area contributed by atoms with E-state index in [1.807, 2.05) is 6.92 Å². The molecule has 2 rings (SSSR count). The van der Waals surface area contributed by atoms with Gasteiger partial charge in [-0.1, -0.05) is 18.5 Å². The van der Waals surface area contributed by atoms with Gasteiger partial charge in [-0.15, -0.1) is 0 Å². The predicted molar refractivity (Wildman–Crippen MR) is 79.9 cm³/mol. The summed E-state index contributed by atoms with van der Waals surface area (Å²) in [4.78, 5) is 8.51. The summed E-state index contributed by atoms with van der Waals surface area (Å²) in [6.45, 7) is 3.80. The number of benzene rings is 1. The van der Waals surface area contributed by atoms with Crippen molar-refractivity contribution in [3.8, 4) is 11.6 Å². The molecule has 0 amide bonds. The summed E-state index contributed by atoms with van der Waals surface area (Å²) in [5.41, 5.74) is 0.634. The monoisotopic (exact) mass is 358 g/mol. The molecule has 0 aliphatic carbocycles. The van der Waals surface area contributed by atoms with E-state index in [2.05, 4.69) is 25.9 Å². The van der Waals surface area contributed by atoms with Crippen LogP contribution in [0, 0.1) is 12.7 Å². The Labute approximate surface area is 130 Å². The summed E-state index contributed by atoms with van der Waals surface area (Å²) in [6.07, 6.45) is 1.62. The average molecular weight is 360 g/mol. The number of halogens is 3. The number of ether oxygens (including phenoxy) is 1. The van der Waals surface area contributed by atoms with Gasteiger partial charge in [-0.3, -0.25) is 0 Å². The summed E-state index contributed by atoms with van der Waals surface area (Å²) in [5.74, 6) is 0.950. The van der Waals surface area contributed by atoms with E-state index < -0.39 is 5.82 Å². The van der Waals surface area contributed by atoms with Crippen molar-refractivity contribution in [1.29, 1.82) is 0 Å². The first-order valence-corrected chi connectivity index (χ1v) is 7.34. The summed E-state index contributed by atoms with van der Waals surface area (Å²) in [6, 6.07) is 4.52. The summed E-state index contributed by atoms with van der Waals surface area (Å²) < 4.78 is 19.5. The normalized spacial score (nSPS) is 10.7. The molecule has 0 saturated heterocycles. The van der Waals surface area contributed by atoms with E-state index in [4.69, 9.17) is 16.3 Å². The van der Waals surface area contributed by atoms with Crippen LogP contribution in [0.2, 0.25) is 5.15 Å². The summed E-state index contributed by atoms with van der Waals surface area (Å²) >= 11 is 9.16. The van der Waals surface area contributed by atoms with Crippen LogP contribution in [0.1, 0.15) is 24.7 Å². The largest absolute Gasteiger partial charge is 0.438 e. The maximum Gasteiger partial charge on any atom is 0.226 e. The Morgan fingerprint density at radius 2 is 2.10 bits per heavy atom. The highest BCUT2D eigenvalue weighted by Crippen LogP contribution is 2.29. The van der Waals surface area contributed by atoms with Crippen LogP contribution in [0.15, 0.2) is 22.7 Å². The van der Waals surface area contributed by atoms with Crippen LogP contribution < -0.4 is 4.74 Å². The second-order valence-corrected chi connectivity index (χ2v) is 5.50. The third kappa shape index (κ3) is 3.46. The van der Waals surface area contributed by atoms with Crippen molar-refractivity contribution in [2.24, 2.45) is 0 Å². The van der Waals surface area contributed by atoms with Crippen molar-refractivity contribution in [3.05, 3.63) is 45.0 Å². The highest BCUT2D eigenvalue weighted by molar-refractivity contribution is 9.10. The third-order valence-corrected chi connectivity index (χ3v) is 3.68. The first-order valence-electron chi connectivity index (χ1n) is 6.17. The first kappa shape index (κ1) is 15.2. The number of rotatable bonds is 4. The lowest BCUT2D eigenvalue weighted by Crippen LogP contribution is -2.01. The molecule has 0 N–H and O–H groups in total. The Morgan fingerprint density at radius 3 is 2.75 bits per heavy atom. The molecule has 1 aromatic heterocycles. The van der Waals surface area contributed by atoms with Gasteiger partial charge >= 0.3 is 0 Å². The van der Waals surface area contributed by atoms with Gasteiger partial charge in [0.2, 0.25) is 5.88 Å². The van der Waals surface area contributed by atoms with E-state index in [1.54, 1.807) is 19.1 Å². The summed E-state index contributed by atoms with van der Waals surface area (Å²) in [7, 11) is 0. The maximum atomic E-state index is 13.5. The lowest BCUT2D eigenvalue weighted by Gasteiger charge is -2.10. The van der Waals surface area contributed by atoms with Crippen LogP contribution in [0.5, 0.6) is 11.6 Å². The number of aromatic nitrogens is 2. The molecule has 1 aromatic carbocycles. The Balaban J connectivity index is 2.34. The molecule has 1 heterocycles. The van der Waals surface area contributed by atoms with Crippen LogP contribution >= 0.6 is 27.5 Å². The second kappa shape index (κ2) is 6.50. The fourth-order valence-electron chi connectivity index (χ4n) is 1.60. The van der Waals surface area contributed by atoms with Gasteiger partial charge < -0.3 is 4.74 Å². The number of aryl methyl sites for hydroxylation is 1. The fourth-order valence-corrected chi connectivity index (χ4v) is 2.02. The quantitative estimate of drug-likeness (QED) is 0.714.